The predicted octanol–water partition coefficient (Wildman–Crippen LogP) is 4.73. The molecule has 1 aromatic carbocycles. The monoisotopic (exact) mass is 340 g/mol. The second kappa shape index (κ2) is 6.98. The number of furan rings is 1. The van der Waals surface area contributed by atoms with E-state index in [1.807, 2.05) is 6.92 Å². The lowest BCUT2D eigenvalue weighted by atomic mass is 10.1. The van der Waals surface area contributed by atoms with Gasteiger partial charge in [-0.15, -0.1) is 0 Å². The Morgan fingerprint density at radius 3 is 2.08 bits per heavy atom. The van der Waals surface area contributed by atoms with Crippen LogP contribution in [0.3, 0.4) is 0 Å². The Morgan fingerprint density at radius 1 is 1.00 bits per heavy atom. The summed E-state index contributed by atoms with van der Waals surface area (Å²) < 4.78 is 43.1. The summed E-state index contributed by atoms with van der Waals surface area (Å²) in [4.78, 5) is 12.0. The number of amides is 2. The Hall–Kier alpha value is -2.44. The smallest absolute Gasteiger partial charge is 0.416 e. The van der Waals surface area contributed by atoms with Crippen LogP contribution in [-0.4, -0.2) is 6.03 Å². The Morgan fingerprint density at radius 2 is 1.58 bits per heavy atom. The number of aryl methyl sites for hydroxylation is 1. The molecule has 0 saturated carbocycles. The van der Waals surface area contributed by atoms with E-state index in [1.54, 1.807) is 26.0 Å². The zero-order valence-electron chi connectivity index (χ0n) is 13.6. The summed E-state index contributed by atoms with van der Waals surface area (Å²) in [5, 5.41) is 5.41. The predicted molar refractivity (Wildman–Crippen MR) is 83.4 cm³/mol. The minimum absolute atomic E-state index is 0.321. The first-order valence-corrected chi connectivity index (χ1v) is 7.47. The van der Waals surface area contributed by atoms with Crippen LogP contribution >= 0.6 is 0 Å². The van der Waals surface area contributed by atoms with Crippen molar-refractivity contribution in [3.8, 4) is 0 Å². The van der Waals surface area contributed by atoms with Gasteiger partial charge in [-0.2, -0.15) is 13.2 Å². The van der Waals surface area contributed by atoms with Gasteiger partial charge >= 0.3 is 12.2 Å². The average Bonchev–Trinajstić information content (AvgIpc) is 2.93. The first-order valence-electron chi connectivity index (χ1n) is 7.47. The van der Waals surface area contributed by atoms with Gasteiger partial charge in [0, 0.05) is 0 Å². The third-order valence-corrected chi connectivity index (χ3v) is 3.62. The highest BCUT2D eigenvalue weighted by Gasteiger charge is 2.30. The number of hydrogen-bond donors (Lipinski definition) is 2. The SMILES string of the molecule is Cc1ccc(C(C)NC(=O)NC(C)c2ccc(C(F)(F)F)cc2)o1. The topological polar surface area (TPSA) is 54.3 Å². The van der Waals surface area contributed by atoms with E-state index in [1.165, 1.54) is 12.1 Å². The number of nitrogens with one attached hydrogen (secondary N) is 2. The van der Waals surface area contributed by atoms with Gasteiger partial charge < -0.3 is 15.1 Å². The minimum Gasteiger partial charge on any atom is -0.464 e. The number of benzene rings is 1. The summed E-state index contributed by atoms with van der Waals surface area (Å²) >= 11 is 0. The Bertz CT molecular complexity index is 693. The first-order chi connectivity index (χ1) is 11.2. The second-order valence-electron chi connectivity index (χ2n) is 5.63. The molecule has 0 saturated heterocycles. The molecule has 2 amide bonds. The molecule has 0 radical (unpaired) electrons. The van der Waals surface area contributed by atoms with Gasteiger partial charge in [0.05, 0.1) is 17.6 Å². The van der Waals surface area contributed by atoms with Crippen molar-refractivity contribution in [1.29, 1.82) is 0 Å². The van der Waals surface area contributed by atoms with Crippen molar-refractivity contribution in [1.82, 2.24) is 10.6 Å². The van der Waals surface area contributed by atoms with Crippen molar-refractivity contribution in [3.63, 3.8) is 0 Å². The van der Waals surface area contributed by atoms with E-state index in [2.05, 4.69) is 10.6 Å². The van der Waals surface area contributed by atoms with E-state index < -0.39 is 23.8 Å². The van der Waals surface area contributed by atoms with Gasteiger partial charge in [-0.1, -0.05) is 12.1 Å². The quantitative estimate of drug-likeness (QED) is 0.845. The number of halogens is 3. The van der Waals surface area contributed by atoms with Crippen molar-refractivity contribution in [2.75, 3.05) is 0 Å². The lowest BCUT2D eigenvalue weighted by Crippen LogP contribution is -2.38. The fraction of sp³-hybridized carbons (Fsp3) is 0.353. The Labute approximate surface area is 138 Å². The number of carbonyl (C=O) groups excluding carboxylic acids is 1. The molecule has 2 atom stereocenters. The van der Waals surface area contributed by atoms with Crippen LogP contribution in [0.25, 0.3) is 0 Å². The van der Waals surface area contributed by atoms with Gasteiger partial charge in [0.25, 0.3) is 0 Å². The molecule has 0 aliphatic heterocycles. The molecule has 2 aromatic rings. The zero-order valence-corrected chi connectivity index (χ0v) is 13.6. The van der Waals surface area contributed by atoms with Crippen LogP contribution in [0.4, 0.5) is 18.0 Å². The number of alkyl halides is 3. The van der Waals surface area contributed by atoms with Crippen LogP contribution in [0.15, 0.2) is 40.8 Å². The van der Waals surface area contributed by atoms with Crippen LogP contribution in [0.5, 0.6) is 0 Å². The molecule has 7 heteroatoms. The van der Waals surface area contributed by atoms with Crippen LogP contribution in [-0.2, 0) is 6.18 Å². The zero-order chi connectivity index (χ0) is 17.9. The van der Waals surface area contributed by atoms with Crippen molar-refractivity contribution in [3.05, 3.63) is 59.0 Å². The van der Waals surface area contributed by atoms with Crippen LogP contribution in [0.2, 0.25) is 0 Å². The summed E-state index contributed by atoms with van der Waals surface area (Å²) in [5.41, 5.74) is -0.135. The van der Waals surface area contributed by atoms with Crippen LogP contribution in [0.1, 0.15) is 48.6 Å². The molecule has 1 heterocycles. The molecule has 0 fully saturated rings. The lowest BCUT2D eigenvalue weighted by Gasteiger charge is -2.18. The maximum atomic E-state index is 12.5. The fourth-order valence-electron chi connectivity index (χ4n) is 2.24. The van der Waals surface area contributed by atoms with Gasteiger partial charge in [0.1, 0.15) is 11.5 Å². The number of rotatable bonds is 4. The maximum absolute atomic E-state index is 12.5. The molecule has 0 aliphatic rings. The van der Waals surface area contributed by atoms with E-state index >= 15 is 0 Å². The van der Waals surface area contributed by atoms with E-state index in [0.29, 0.717) is 11.3 Å². The molecular formula is C17H19F3N2O2. The highest BCUT2D eigenvalue weighted by atomic mass is 19.4. The van der Waals surface area contributed by atoms with E-state index in [0.717, 1.165) is 17.9 Å². The van der Waals surface area contributed by atoms with Crippen molar-refractivity contribution >= 4 is 6.03 Å². The van der Waals surface area contributed by atoms with Crippen molar-refractivity contribution < 1.29 is 22.4 Å². The average molecular weight is 340 g/mol. The summed E-state index contributed by atoms with van der Waals surface area (Å²) in [7, 11) is 0. The summed E-state index contributed by atoms with van der Waals surface area (Å²) in [6.45, 7) is 5.29. The second-order valence-corrected chi connectivity index (χ2v) is 5.63. The fourth-order valence-corrected chi connectivity index (χ4v) is 2.24. The van der Waals surface area contributed by atoms with Crippen molar-refractivity contribution in [2.45, 2.75) is 39.0 Å². The van der Waals surface area contributed by atoms with Crippen molar-refractivity contribution in [2.24, 2.45) is 0 Å². The molecule has 0 bridgehead atoms. The highest BCUT2D eigenvalue weighted by molar-refractivity contribution is 5.74. The van der Waals surface area contributed by atoms with E-state index in [4.69, 9.17) is 4.42 Å². The Balaban J connectivity index is 1.93. The van der Waals surface area contributed by atoms with Crippen LogP contribution < -0.4 is 10.6 Å². The molecule has 130 valence electrons. The lowest BCUT2D eigenvalue weighted by molar-refractivity contribution is -0.137. The molecule has 4 nitrogen and oxygen atoms in total. The number of carbonyl (C=O) groups is 1. The van der Waals surface area contributed by atoms with Gasteiger partial charge in [-0.05, 0) is 50.6 Å². The molecule has 0 spiro atoms. The largest absolute Gasteiger partial charge is 0.464 e. The highest BCUT2D eigenvalue weighted by Crippen LogP contribution is 2.29. The molecule has 2 unspecified atom stereocenters. The van der Waals surface area contributed by atoms with Crippen LogP contribution in [0, 0.1) is 6.92 Å². The normalized spacial score (nSPS) is 14.1. The summed E-state index contributed by atoms with van der Waals surface area (Å²) in [5.74, 6) is 1.38. The maximum Gasteiger partial charge on any atom is 0.416 e. The van der Waals surface area contributed by atoms with Gasteiger partial charge in [0.2, 0.25) is 0 Å². The Kier molecular flexibility index (Phi) is 5.21. The summed E-state index contributed by atoms with van der Waals surface area (Å²) in [6.07, 6.45) is -4.37. The molecule has 2 N–H and O–H groups in total. The summed E-state index contributed by atoms with van der Waals surface area (Å²) in [6, 6.07) is 7.11. The van der Waals surface area contributed by atoms with Gasteiger partial charge in [-0.3, -0.25) is 0 Å². The van der Waals surface area contributed by atoms with E-state index in [-0.39, 0.29) is 6.04 Å². The molecule has 0 aliphatic carbocycles. The standard InChI is InChI=1S/C17H19F3N2O2/c1-10-4-9-15(24-10)12(3)22-16(23)21-11(2)13-5-7-14(8-6-13)17(18,19)20/h4-9,11-12H,1-3H3,(H2,21,22,23). The van der Waals surface area contributed by atoms with E-state index in [9.17, 15) is 18.0 Å². The third kappa shape index (κ3) is 4.53. The number of hydrogen-bond acceptors (Lipinski definition) is 2. The number of urea groups is 1. The van der Waals surface area contributed by atoms with Gasteiger partial charge in [0.15, 0.2) is 0 Å². The van der Waals surface area contributed by atoms with Gasteiger partial charge in [-0.25, -0.2) is 4.79 Å². The molecular weight excluding hydrogens is 321 g/mol. The molecule has 24 heavy (non-hydrogen) atoms. The first kappa shape index (κ1) is 17.9. The third-order valence-electron chi connectivity index (χ3n) is 3.62. The minimum atomic E-state index is -4.37. The molecule has 1 aromatic heterocycles. The molecule has 2 rings (SSSR count).